The summed E-state index contributed by atoms with van der Waals surface area (Å²) in [4.78, 5) is 0. The SMILES string of the molecule is [2H]c1c([2H])c([2H])c(-c2ccc(-c3c4ccccc4c(-c4ccc5c(oc6ccccc65)c4-c4c([2H])c([2H])c([2H])c([2H])c4[2H])c4ccccc34)cc2)c([2H])c1[2H]. The summed E-state index contributed by atoms with van der Waals surface area (Å²) in [5.41, 5.74) is 5.29. The average Bonchev–Trinajstić information content (AvgIpc) is 3.59. The molecule has 1 aromatic heterocycles. The molecular formula is C44H28O. The zero-order chi connectivity index (χ0) is 38.4. The maximum absolute atomic E-state index is 9.09. The fourth-order valence-electron chi connectivity index (χ4n) is 6.55. The van der Waals surface area contributed by atoms with Crippen molar-refractivity contribution in [1.29, 1.82) is 0 Å². The van der Waals surface area contributed by atoms with Crippen LogP contribution in [0.5, 0.6) is 0 Å². The zero-order valence-corrected chi connectivity index (χ0v) is 23.8. The lowest BCUT2D eigenvalue weighted by Crippen LogP contribution is -1.93. The van der Waals surface area contributed by atoms with Gasteiger partial charge in [0.05, 0.1) is 13.7 Å². The van der Waals surface area contributed by atoms with Crippen LogP contribution in [-0.2, 0) is 0 Å². The quantitative estimate of drug-likeness (QED) is 0.188. The maximum atomic E-state index is 9.09. The monoisotopic (exact) mass is 582 g/mol. The van der Waals surface area contributed by atoms with Crippen molar-refractivity contribution < 1.29 is 18.1 Å². The topological polar surface area (TPSA) is 13.1 Å². The number of benzene rings is 8. The van der Waals surface area contributed by atoms with E-state index in [1.54, 1.807) is 12.1 Å². The van der Waals surface area contributed by atoms with Crippen LogP contribution in [0.4, 0.5) is 0 Å². The Hall–Kier alpha value is -5.92. The maximum Gasteiger partial charge on any atom is 0.143 e. The minimum absolute atomic E-state index is 0.0473. The van der Waals surface area contributed by atoms with Gasteiger partial charge in [-0.15, -0.1) is 0 Å². The summed E-state index contributed by atoms with van der Waals surface area (Å²) in [5.74, 6) is 0. The van der Waals surface area contributed by atoms with Crippen molar-refractivity contribution in [2.45, 2.75) is 0 Å². The van der Waals surface area contributed by atoms with Gasteiger partial charge in [0.15, 0.2) is 0 Å². The Morgan fingerprint density at radius 1 is 0.356 bits per heavy atom. The van der Waals surface area contributed by atoms with E-state index in [0.717, 1.165) is 49.0 Å². The van der Waals surface area contributed by atoms with Crippen LogP contribution in [0.15, 0.2) is 174 Å². The summed E-state index contributed by atoms with van der Waals surface area (Å²) in [7, 11) is 0. The van der Waals surface area contributed by atoms with Crippen LogP contribution in [0.25, 0.3) is 88.0 Å². The van der Waals surface area contributed by atoms with E-state index < -0.39 is 36.3 Å². The molecule has 0 aliphatic carbocycles. The summed E-state index contributed by atoms with van der Waals surface area (Å²) < 4.78 is 91.6. The molecule has 0 bridgehead atoms. The normalized spacial score (nSPS) is 14.7. The first kappa shape index (κ1) is 17.4. The molecule has 0 saturated heterocycles. The molecule has 0 atom stereocenters. The molecule has 45 heavy (non-hydrogen) atoms. The van der Waals surface area contributed by atoms with Gasteiger partial charge < -0.3 is 4.42 Å². The third kappa shape index (κ3) is 4.09. The highest BCUT2D eigenvalue weighted by atomic mass is 16.3. The first-order chi connectivity index (χ1) is 26.5. The second-order valence-electron chi connectivity index (χ2n) is 10.9. The Labute approximate surface area is 275 Å². The van der Waals surface area contributed by atoms with Crippen LogP contribution in [0.2, 0.25) is 0 Å². The van der Waals surface area contributed by atoms with Gasteiger partial charge in [0, 0.05) is 16.3 Å². The van der Waals surface area contributed by atoms with Crippen LogP contribution in [0, 0.1) is 0 Å². The van der Waals surface area contributed by atoms with E-state index >= 15 is 0 Å². The molecule has 1 nitrogen and oxygen atoms in total. The number of para-hydroxylation sites is 1. The van der Waals surface area contributed by atoms with Crippen molar-refractivity contribution in [2.75, 3.05) is 0 Å². The van der Waals surface area contributed by atoms with Crippen LogP contribution in [-0.4, -0.2) is 0 Å². The van der Waals surface area contributed by atoms with Crippen molar-refractivity contribution in [3.8, 4) is 44.5 Å². The van der Waals surface area contributed by atoms with E-state index in [2.05, 4.69) is 0 Å². The number of furan rings is 1. The van der Waals surface area contributed by atoms with Crippen LogP contribution in [0.1, 0.15) is 13.7 Å². The van der Waals surface area contributed by atoms with Gasteiger partial charge in [-0.25, -0.2) is 0 Å². The van der Waals surface area contributed by atoms with E-state index in [0.29, 0.717) is 27.9 Å². The van der Waals surface area contributed by atoms with Crippen LogP contribution in [0.3, 0.4) is 0 Å². The van der Waals surface area contributed by atoms with Crippen LogP contribution < -0.4 is 0 Å². The Balaban J connectivity index is 1.37. The van der Waals surface area contributed by atoms with Crippen molar-refractivity contribution in [3.05, 3.63) is 170 Å². The first-order valence-corrected chi connectivity index (χ1v) is 14.6. The smallest absolute Gasteiger partial charge is 0.143 e. The molecule has 0 spiro atoms. The highest BCUT2D eigenvalue weighted by molar-refractivity contribution is 6.24. The molecule has 1 heterocycles. The van der Waals surface area contributed by atoms with Crippen molar-refractivity contribution in [2.24, 2.45) is 0 Å². The Bertz CT molecular complexity index is 2980. The standard InChI is InChI=1S/C44H28O/c1-3-13-29(14-4-1)30-23-25-32(26-24-30)41-34-18-7-9-20-36(34)43(37-21-10-8-19-35(37)41)39-28-27-38-33-17-11-12-22-40(33)45-44(38)42(39)31-15-5-2-6-16-31/h1-28H/i1D,2D,3D,4D,5D,6D,13D,14D,15D,16D. The van der Waals surface area contributed by atoms with Gasteiger partial charge in [0.2, 0.25) is 0 Å². The van der Waals surface area contributed by atoms with E-state index in [1.807, 2.05) is 97.1 Å². The molecule has 210 valence electrons. The highest BCUT2D eigenvalue weighted by Gasteiger charge is 2.22. The number of fused-ring (bicyclic) bond motifs is 5. The number of rotatable bonds is 4. The lowest BCUT2D eigenvalue weighted by atomic mass is 9.83. The van der Waals surface area contributed by atoms with Crippen molar-refractivity contribution in [1.82, 2.24) is 0 Å². The summed E-state index contributed by atoms with van der Waals surface area (Å²) in [6, 6.07) is 30.9. The second-order valence-corrected chi connectivity index (χ2v) is 10.9. The predicted molar refractivity (Wildman–Crippen MR) is 190 cm³/mol. The Kier molecular flexibility index (Phi) is 4.01. The van der Waals surface area contributed by atoms with Gasteiger partial charge in [0.1, 0.15) is 11.2 Å². The molecule has 0 N–H and O–H groups in total. The lowest BCUT2D eigenvalue weighted by Gasteiger charge is -2.20. The van der Waals surface area contributed by atoms with Crippen LogP contribution >= 0.6 is 0 Å². The fraction of sp³-hybridized carbons (Fsp3) is 0. The Morgan fingerprint density at radius 3 is 1.49 bits per heavy atom. The number of hydrogen-bond donors (Lipinski definition) is 0. The van der Waals surface area contributed by atoms with Crippen molar-refractivity contribution in [3.63, 3.8) is 0 Å². The molecule has 0 aliphatic rings. The number of hydrogen-bond acceptors (Lipinski definition) is 1. The minimum atomic E-state index is -0.477. The molecule has 0 saturated carbocycles. The third-order valence-corrected chi connectivity index (χ3v) is 8.46. The van der Waals surface area contributed by atoms with E-state index in [-0.39, 0.29) is 35.3 Å². The van der Waals surface area contributed by atoms with Gasteiger partial charge in [-0.3, -0.25) is 0 Å². The van der Waals surface area contributed by atoms with E-state index in [1.165, 1.54) is 0 Å². The minimum Gasteiger partial charge on any atom is -0.455 e. The molecule has 0 amide bonds. The fourth-order valence-corrected chi connectivity index (χ4v) is 6.55. The zero-order valence-electron chi connectivity index (χ0n) is 33.8. The molecule has 0 aliphatic heterocycles. The van der Waals surface area contributed by atoms with Crippen molar-refractivity contribution >= 4 is 43.5 Å². The Morgan fingerprint density at radius 2 is 0.867 bits per heavy atom. The summed E-state index contributed by atoms with van der Waals surface area (Å²) in [5, 5.41) is 5.09. The molecule has 1 heteroatoms. The third-order valence-electron chi connectivity index (χ3n) is 8.46. The largest absolute Gasteiger partial charge is 0.455 e. The highest BCUT2D eigenvalue weighted by Crippen LogP contribution is 2.48. The molecule has 8 aromatic carbocycles. The van der Waals surface area contributed by atoms with Gasteiger partial charge >= 0.3 is 0 Å². The van der Waals surface area contributed by atoms with Gasteiger partial charge in [0.25, 0.3) is 0 Å². The summed E-state index contributed by atoms with van der Waals surface area (Å²) in [6.45, 7) is 0. The lowest BCUT2D eigenvalue weighted by molar-refractivity contribution is 0.670. The van der Waals surface area contributed by atoms with Gasteiger partial charge in [-0.2, -0.15) is 0 Å². The molecule has 9 rings (SSSR count). The summed E-state index contributed by atoms with van der Waals surface area (Å²) in [6.07, 6.45) is 0. The average molecular weight is 583 g/mol. The first-order valence-electron chi connectivity index (χ1n) is 19.6. The molecule has 0 fully saturated rings. The molecule has 0 unspecified atom stereocenters. The second kappa shape index (κ2) is 10.4. The molecule has 9 aromatic rings. The van der Waals surface area contributed by atoms with E-state index in [4.69, 9.17) is 18.1 Å². The van der Waals surface area contributed by atoms with E-state index in [9.17, 15) is 0 Å². The molecule has 0 radical (unpaired) electrons. The van der Waals surface area contributed by atoms with Gasteiger partial charge in [-0.1, -0.05) is 157 Å². The summed E-state index contributed by atoms with van der Waals surface area (Å²) >= 11 is 0. The molecular weight excluding hydrogens is 544 g/mol. The van der Waals surface area contributed by atoms with Gasteiger partial charge in [-0.05, 0) is 72.6 Å². The predicted octanol–water partition coefficient (Wildman–Crippen LogP) is 12.6.